The molecule has 0 spiro atoms. The molecule has 6 heteroatoms. The molecule has 0 radical (unpaired) electrons. The molecule has 0 aliphatic rings. The van der Waals surface area contributed by atoms with E-state index in [0.29, 0.717) is 0 Å². The van der Waals surface area contributed by atoms with Crippen LogP contribution < -0.4 is 0 Å². The Kier molecular flexibility index (Phi) is 4.56. The molecule has 1 aromatic carbocycles. The van der Waals surface area contributed by atoms with Gasteiger partial charge in [0, 0.05) is 17.0 Å². The normalized spacial score (nSPS) is 12.0. The molecule has 22 heavy (non-hydrogen) atoms. The first kappa shape index (κ1) is 14.8. The van der Waals surface area contributed by atoms with Crippen molar-refractivity contribution in [3.63, 3.8) is 0 Å². The Balaban J connectivity index is 2.01. The zero-order chi connectivity index (χ0) is 15.4. The molecular formula is C16H14N4S2. The number of hydrogen-bond acceptors (Lipinski definition) is 5. The molecule has 1 atom stereocenters. The van der Waals surface area contributed by atoms with E-state index >= 15 is 0 Å². The fraction of sp³-hybridized carbons (Fsp3) is 0.188. The van der Waals surface area contributed by atoms with E-state index in [1.165, 1.54) is 16.6 Å². The van der Waals surface area contributed by atoms with Gasteiger partial charge in [-0.3, -0.25) is 4.57 Å². The van der Waals surface area contributed by atoms with Gasteiger partial charge in [-0.2, -0.15) is 5.26 Å². The largest absolute Gasteiger partial charge is 0.274 e. The van der Waals surface area contributed by atoms with Gasteiger partial charge in [-0.1, -0.05) is 36.0 Å². The van der Waals surface area contributed by atoms with Crippen LogP contribution in [0.2, 0.25) is 0 Å². The number of nitrogens with zero attached hydrogens (tertiary/aromatic N) is 4. The van der Waals surface area contributed by atoms with Gasteiger partial charge in [0.2, 0.25) is 0 Å². The van der Waals surface area contributed by atoms with Crippen molar-refractivity contribution in [2.75, 3.05) is 0 Å². The summed E-state index contributed by atoms with van der Waals surface area (Å²) in [6.45, 7) is 1.87. The molecule has 0 aliphatic carbocycles. The summed E-state index contributed by atoms with van der Waals surface area (Å²) in [5, 5.41) is 20.3. The van der Waals surface area contributed by atoms with Crippen LogP contribution in [0.25, 0.3) is 5.69 Å². The molecule has 0 N–H and O–H groups in total. The molecule has 0 fully saturated rings. The summed E-state index contributed by atoms with van der Waals surface area (Å²) < 4.78 is 2.04. The minimum atomic E-state index is -0.166. The molecule has 2 aromatic heterocycles. The molecule has 0 amide bonds. The summed E-state index contributed by atoms with van der Waals surface area (Å²) in [7, 11) is 0. The van der Waals surface area contributed by atoms with Crippen molar-refractivity contribution in [2.45, 2.75) is 23.8 Å². The van der Waals surface area contributed by atoms with Crippen molar-refractivity contribution in [3.8, 4) is 11.8 Å². The maximum atomic E-state index is 9.05. The number of thioether (sulfide) groups is 1. The van der Waals surface area contributed by atoms with Gasteiger partial charge >= 0.3 is 0 Å². The molecule has 0 saturated heterocycles. The molecule has 3 aromatic rings. The van der Waals surface area contributed by atoms with Crippen LogP contribution in [-0.2, 0) is 6.42 Å². The van der Waals surface area contributed by atoms with Crippen LogP contribution in [0.5, 0.6) is 0 Å². The summed E-state index contributed by atoms with van der Waals surface area (Å²) in [5.74, 6) is 0.890. The van der Waals surface area contributed by atoms with E-state index in [9.17, 15) is 0 Å². The number of para-hydroxylation sites is 1. The van der Waals surface area contributed by atoms with E-state index in [4.69, 9.17) is 5.26 Å². The maximum absolute atomic E-state index is 9.05. The lowest BCUT2D eigenvalue weighted by atomic mass is 10.3. The van der Waals surface area contributed by atoms with E-state index in [1.54, 1.807) is 11.3 Å². The Hall–Kier alpha value is -2.10. The summed E-state index contributed by atoms with van der Waals surface area (Å²) in [5.41, 5.74) is 1.02. The van der Waals surface area contributed by atoms with Gasteiger partial charge in [0.1, 0.15) is 5.82 Å². The minimum absolute atomic E-state index is 0.166. The molecule has 2 heterocycles. The molecule has 4 nitrogen and oxygen atoms in total. The predicted molar refractivity (Wildman–Crippen MR) is 89.4 cm³/mol. The number of benzene rings is 1. The van der Waals surface area contributed by atoms with E-state index in [2.05, 4.69) is 27.7 Å². The highest BCUT2D eigenvalue weighted by molar-refractivity contribution is 8.00. The summed E-state index contributed by atoms with van der Waals surface area (Å²) in [4.78, 5) is 1.24. The Morgan fingerprint density at radius 2 is 2.05 bits per heavy atom. The van der Waals surface area contributed by atoms with Crippen LogP contribution in [-0.4, -0.2) is 20.0 Å². The van der Waals surface area contributed by atoms with Gasteiger partial charge in [0.05, 0.1) is 11.3 Å². The zero-order valence-corrected chi connectivity index (χ0v) is 13.6. The van der Waals surface area contributed by atoms with Crippen LogP contribution in [0, 0.1) is 11.3 Å². The average Bonchev–Trinajstić information content (AvgIpc) is 3.19. The van der Waals surface area contributed by atoms with Gasteiger partial charge < -0.3 is 0 Å². The third-order valence-corrected chi connectivity index (χ3v) is 4.90. The van der Waals surface area contributed by atoms with Gasteiger partial charge in [0.15, 0.2) is 5.16 Å². The lowest BCUT2D eigenvalue weighted by molar-refractivity contribution is 0.849. The van der Waals surface area contributed by atoms with Gasteiger partial charge in [-0.15, -0.1) is 21.5 Å². The Bertz CT molecular complexity index is 772. The first-order chi connectivity index (χ1) is 10.8. The number of thiophene rings is 1. The Labute approximate surface area is 137 Å². The standard InChI is InChI=1S/C16H14N4S2/c1-12(11-17)22-16-19-18-15(10-14-8-5-9-21-14)20(16)13-6-3-2-4-7-13/h2-9,12H,10H2,1H3. The topological polar surface area (TPSA) is 54.5 Å². The molecule has 110 valence electrons. The lowest BCUT2D eigenvalue weighted by Crippen LogP contribution is -2.04. The molecule has 3 rings (SSSR count). The summed E-state index contributed by atoms with van der Waals surface area (Å²) in [6.07, 6.45) is 0.737. The SMILES string of the molecule is CC(C#N)Sc1nnc(Cc2cccs2)n1-c1ccccc1. The van der Waals surface area contributed by atoms with E-state index in [-0.39, 0.29) is 5.25 Å². The van der Waals surface area contributed by atoms with Crippen molar-refractivity contribution < 1.29 is 0 Å². The highest BCUT2D eigenvalue weighted by atomic mass is 32.2. The highest BCUT2D eigenvalue weighted by Gasteiger charge is 2.17. The second-order valence-electron chi connectivity index (χ2n) is 4.72. The first-order valence-corrected chi connectivity index (χ1v) is 8.62. The first-order valence-electron chi connectivity index (χ1n) is 6.86. The van der Waals surface area contributed by atoms with Crippen LogP contribution in [0.1, 0.15) is 17.6 Å². The second-order valence-corrected chi connectivity index (χ2v) is 7.06. The smallest absolute Gasteiger partial charge is 0.197 e. The van der Waals surface area contributed by atoms with Crippen LogP contribution in [0.4, 0.5) is 0 Å². The summed E-state index contributed by atoms with van der Waals surface area (Å²) >= 11 is 3.14. The number of aromatic nitrogens is 3. The molecule has 0 saturated carbocycles. The minimum Gasteiger partial charge on any atom is -0.274 e. The molecule has 1 unspecified atom stereocenters. The van der Waals surface area contributed by atoms with Crippen molar-refractivity contribution in [1.82, 2.24) is 14.8 Å². The Morgan fingerprint density at radius 1 is 1.23 bits per heavy atom. The third kappa shape index (κ3) is 3.21. The summed E-state index contributed by atoms with van der Waals surface area (Å²) in [6, 6.07) is 16.4. The second kappa shape index (κ2) is 6.77. The average molecular weight is 326 g/mol. The van der Waals surface area contributed by atoms with Crippen molar-refractivity contribution in [2.24, 2.45) is 0 Å². The van der Waals surface area contributed by atoms with Gasteiger partial charge in [-0.25, -0.2) is 0 Å². The molecule has 0 aliphatic heterocycles. The number of rotatable bonds is 5. The van der Waals surface area contributed by atoms with E-state index < -0.39 is 0 Å². The van der Waals surface area contributed by atoms with E-state index in [1.807, 2.05) is 47.9 Å². The van der Waals surface area contributed by atoms with Crippen molar-refractivity contribution in [1.29, 1.82) is 5.26 Å². The molecular weight excluding hydrogens is 312 g/mol. The van der Waals surface area contributed by atoms with E-state index in [0.717, 1.165) is 23.1 Å². The number of nitriles is 1. The van der Waals surface area contributed by atoms with Crippen molar-refractivity contribution >= 4 is 23.1 Å². The maximum Gasteiger partial charge on any atom is 0.197 e. The predicted octanol–water partition coefficient (Wildman–Crippen LogP) is 3.92. The highest BCUT2D eigenvalue weighted by Crippen LogP contribution is 2.26. The van der Waals surface area contributed by atoms with Crippen molar-refractivity contribution in [3.05, 3.63) is 58.5 Å². The van der Waals surface area contributed by atoms with Crippen LogP contribution in [0.15, 0.2) is 53.0 Å². The fourth-order valence-electron chi connectivity index (χ4n) is 2.08. The van der Waals surface area contributed by atoms with Gasteiger partial charge in [-0.05, 0) is 30.5 Å². The monoisotopic (exact) mass is 326 g/mol. The van der Waals surface area contributed by atoms with Crippen LogP contribution in [0.3, 0.4) is 0 Å². The third-order valence-electron chi connectivity index (χ3n) is 3.09. The zero-order valence-electron chi connectivity index (χ0n) is 12.0. The quantitative estimate of drug-likeness (QED) is 0.667. The molecule has 0 bridgehead atoms. The van der Waals surface area contributed by atoms with Crippen LogP contribution >= 0.6 is 23.1 Å². The number of hydrogen-bond donors (Lipinski definition) is 0. The van der Waals surface area contributed by atoms with Gasteiger partial charge in [0.25, 0.3) is 0 Å². The lowest BCUT2D eigenvalue weighted by Gasteiger charge is -2.10. The fourth-order valence-corrected chi connectivity index (χ4v) is 3.56. The Morgan fingerprint density at radius 3 is 2.73 bits per heavy atom.